The number of rotatable bonds is 3. The Balaban J connectivity index is 2.06. The molecule has 21 heavy (non-hydrogen) atoms. The van der Waals surface area contributed by atoms with E-state index in [2.05, 4.69) is 12.2 Å². The van der Waals surface area contributed by atoms with Crippen molar-refractivity contribution in [3.63, 3.8) is 0 Å². The summed E-state index contributed by atoms with van der Waals surface area (Å²) < 4.78 is 38.3. The first-order chi connectivity index (χ1) is 9.79. The summed E-state index contributed by atoms with van der Waals surface area (Å²) in [6.45, 7) is 2.64. The van der Waals surface area contributed by atoms with Gasteiger partial charge in [-0.1, -0.05) is 19.4 Å². The molecule has 1 aliphatic carbocycles. The Bertz CT molecular complexity index is 528. The van der Waals surface area contributed by atoms with Crippen LogP contribution in [0.1, 0.15) is 42.1 Å². The quantitative estimate of drug-likeness (QED) is 0.840. The fraction of sp³-hybridized carbons (Fsp3) is 0.533. The molecule has 1 aromatic carbocycles. The molecule has 0 bridgehead atoms. The molecule has 1 saturated carbocycles. The molecule has 1 amide bonds. The van der Waals surface area contributed by atoms with Crippen molar-refractivity contribution in [2.75, 3.05) is 12.3 Å². The number of hydrogen-bond acceptors (Lipinski definition) is 2. The van der Waals surface area contributed by atoms with Gasteiger partial charge in [-0.3, -0.25) is 4.79 Å². The van der Waals surface area contributed by atoms with Gasteiger partial charge in [0.25, 0.3) is 5.91 Å². The summed E-state index contributed by atoms with van der Waals surface area (Å²) in [6.07, 6.45) is -1.34. The lowest BCUT2D eigenvalue weighted by molar-refractivity contribution is -0.136. The third-order valence-electron chi connectivity index (χ3n) is 4.01. The van der Waals surface area contributed by atoms with Crippen molar-refractivity contribution in [2.24, 2.45) is 11.8 Å². The predicted molar refractivity (Wildman–Crippen MR) is 74.7 cm³/mol. The molecule has 3 nitrogen and oxygen atoms in total. The Morgan fingerprint density at radius 1 is 1.38 bits per heavy atom. The van der Waals surface area contributed by atoms with Gasteiger partial charge in [-0.2, -0.15) is 13.2 Å². The number of alkyl halides is 3. The lowest BCUT2D eigenvalue weighted by Gasteiger charge is -2.15. The zero-order valence-corrected chi connectivity index (χ0v) is 11.8. The maximum Gasteiger partial charge on any atom is 0.418 e. The number of hydrogen-bond donors (Lipinski definition) is 2. The molecule has 1 aliphatic rings. The van der Waals surface area contributed by atoms with Crippen LogP contribution >= 0.6 is 0 Å². The highest BCUT2D eigenvalue weighted by atomic mass is 19.4. The molecule has 0 saturated heterocycles. The summed E-state index contributed by atoms with van der Waals surface area (Å²) in [7, 11) is 0. The van der Waals surface area contributed by atoms with E-state index in [4.69, 9.17) is 5.73 Å². The topological polar surface area (TPSA) is 55.1 Å². The molecule has 116 valence electrons. The number of halogens is 3. The Morgan fingerprint density at radius 3 is 2.67 bits per heavy atom. The Morgan fingerprint density at radius 2 is 2.10 bits per heavy atom. The van der Waals surface area contributed by atoms with Gasteiger partial charge in [0, 0.05) is 6.54 Å². The third kappa shape index (κ3) is 3.68. The maximum absolute atomic E-state index is 12.8. The van der Waals surface area contributed by atoms with Crippen LogP contribution in [0.4, 0.5) is 18.9 Å². The Hall–Kier alpha value is -1.72. The molecular weight excluding hydrogens is 281 g/mol. The van der Waals surface area contributed by atoms with Crippen LogP contribution in [0.2, 0.25) is 0 Å². The molecule has 0 spiro atoms. The lowest BCUT2D eigenvalue weighted by Crippen LogP contribution is -2.29. The van der Waals surface area contributed by atoms with Gasteiger partial charge in [-0.25, -0.2) is 0 Å². The van der Waals surface area contributed by atoms with Gasteiger partial charge in [0.15, 0.2) is 0 Å². The van der Waals surface area contributed by atoms with Crippen LogP contribution in [0.3, 0.4) is 0 Å². The number of para-hydroxylation sites is 1. The van der Waals surface area contributed by atoms with E-state index in [-0.39, 0.29) is 5.56 Å². The summed E-state index contributed by atoms with van der Waals surface area (Å²) in [5, 5.41) is 2.69. The van der Waals surface area contributed by atoms with E-state index in [0.29, 0.717) is 18.4 Å². The summed E-state index contributed by atoms with van der Waals surface area (Å²) in [4.78, 5) is 12.0. The van der Waals surface area contributed by atoms with Gasteiger partial charge < -0.3 is 11.1 Å². The van der Waals surface area contributed by atoms with Crippen LogP contribution in [0, 0.1) is 11.8 Å². The highest BCUT2D eigenvalue weighted by Gasteiger charge is 2.34. The molecule has 1 aromatic rings. The van der Waals surface area contributed by atoms with Crippen molar-refractivity contribution < 1.29 is 18.0 Å². The van der Waals surface area contributed by atoms with Crippen molar-refractivity contribution >= 4 is 11.6 Å². The molecule has 2 rings (SSSR count). The Labute approximate surface area is 121 Å². The number of nitrogens with one attached hydrogen (secondary N) is 1. The first-order valence-electron chi connectivity index (χ1n) is 7.03. The highest BCUT2D eigenvalue weighted by molar-refractivity contribution is 5.99. The van der Waals surface area contributed by atoms with E-state index in [1.54, 1.807) is 0 Å². The van der Waals surface area contributed by atoms with Crippen molar-refractivity contribution in [3.05, 3.63) is 29.3 Å². The van der Waals surface area contributed by atoms with Gasteiger partial charge in [-0.05, 0) is 36.8 Å². The fourth-order valence-corrected chi connectivity index (χ4v) is 2.85. The summed E-state index contributed by atoms with van der Waals surface area (Å²) in [5.74, 6) is 0.500. The lowest BCUT2D eigenvalue weighted by atomic mass is 10.0. The van der Waals surface area contributed by atoms with Gasteiger partial charge >= 0.3 is 6.18 Å². The number of carbonyl (C=O) groups is 1. The fourth-order valence-electron chi connectivity index (χ4n) is 2.85. The van der Waals surface area contributed by atoms with E-state index >= 15 is 0 Å². The molecule has 2 atom stereocenters. The number of nitrogens with two attached hydrogens (primary N) is 1. The largest absolute Gasteiger partial charge is 0.418 e. The summed E-state index contributed by atoms with van der Waals surface area (Å²) in [6, 6.07) is 3.40. The first kappa shape index (κ1) is 15.7. The molecular formula is C15H19F3N2O. The number of carbonyl (C=O) groups excluding carboxylic acids is 1. The van der Waals surface area contributed by atoms with Crippen molar-refractivity contribution in [1.82, 2.24) is 5.32 Å². The second-order valence-corrected chi connectivity index (χ2v) is 5.76. The molecule has 0 aromatic heterocycles. The van der Waals surface area contributed by atoms with E-state index < -0.39 is 23.3 Å². The summed E-state index contributed by atoms with van der Waals surface area (Å²) in [5.41, 5.74) is 3.90. The van der Waals surface area contributed by atoms with Gasteiger partial charge in [0.1, 0.15) is 0 Å². The van der Waals surface area contributed by atoms with E-state index in [1.165, 1.54) is 12.1 Å². The van der Waals surface area contributed by atoms with E-state index in [0.717, 1.165) is 25.3 Å². The smallest absolute Gasteiger partial charge is 0.398 e. The third-order valence-corrected chi connectivity index (χ3v) is 4.01. The second kappa shape index (κ2) is 5.95. The number of benzene rings is 1. The summed E-state index contributed by atoms with van der Waals surface area (Å²) >= 11 is 0. The molecule has 0 radical (unpaired) electrons. The highest BCUT2D eigenvalue weighted by Crippen LogP contribution is 2.35. The van der Waals surface area contributed by atoms with Gasteiger partial charge in [0.2, 0.25) is 0 Å². The van der Waals surface area contributed by atoms with E-state index in [1.807, 2.05) is 0 Å². The monoisotopic (exact) mass is 300 g/mol. The number of anilines is 1. The Kier molecular flexibility index (Phi) is 4.44. The van der Waals surface area contributed by atoms with Gasteiger partial charge in [0.05, 0.1) is 16.8 Å². The van der Waals surface area contributed by atoms with Crippen LogP contribution in [-0.2, 0) is 6.18 Å². The zero-order chi connectivity index (χ0) is 15.6. The van der Waals surface area contributed by atoms with Crippen LogP contribution in [0.15, 0.2) is 18.2 Å². The molecule has 3 N–H and O–H groups in total. The first-order valence-corrected chi connectivity index (χ1v) is 7.03. The SMILES string of the molecule is CC1CCC(CNC(=O)c2cccc(C(F)(F)F)c2N)C1. The molecule has 0 aliphatic heterocycles. The average molecular weight is 300 g/mol. The maximum atomic E-state index is 12.8. The van der Waals surface area contributed by atoms with E-state index in [9.17, 15) is 18.0 Å². The molecule has 0 heterocycles. The van der Waals surface area contributed by atoms with Crippen molar-refractivity contribution in [2.45, 2.75) is 32.4 Å². The predicted octanol–water partition coefficient (Wildman–Crippen LogP) is 3.45. The molecule has 6 heteroatoms. The average Bonchev–Trinajstić information content (AvgIpc) is 2.80. The van der Waals surface area contributed by atoms with Gasteiger partial charge in [-0.15, -0.1) is 0 Å². The minimum Gasteiger partial charge on any atom is -0.398 e. The minimum atomic E-state index is -4.55. The number of amides is 1. The van der Waals surface area contributed by atoms with Crippen molar-refractivity contribution in [3.8, 4) is 0 Å². The van der Waals surface area contributed by atoms with Crippen LogP contribution in [0.25, 0.3) is 0 Å². The van der Waals surface area contributed by atoms with Crippen LogP contribution in [-0.4, -0.2) is 12.5 Å². The molecule has 2 unspecified atom stereocenters. The number of nitrogen functional groups attached to an aromatic ring is 1. The standard InChI is InChI=1S/C15H19F3N2O/c1-9-5-6-10(7-9)8-20-14(21)11-3-2-4-12(13(11)19)15(16,17)18/h2-4,9-10H,5-8,19H2,1H3,(H,20,21). The zero-order valence-electron chi connectivity index (χ0n) is 11.8. The normalized spacial score (nSPS) is 22.3. The molecule has 1 fully saturated rings. The van der Waals surface area contributed by atoms with Crippen LogP contribution in [0.5, 0.6) is 0 Å². The minimum absolute atomic E-state index is 0.115. The van der Waals surface area contributed by atoms with Crippen LogP contribution < -0.4 is 11.1 Å². The second-order valence-electron chi connectivity index (χ2n) is 5.76. The van der Waals surface area contributed by atoms with Crippen molar-refractivity contribution in [1.29, 1.82) is 0 Å².